The molecule has 1 aromatic heterocycles. The van der Waals surface area contributed by atoms with Crippen LogP contribution in [0.5, 0.6) is 0 Å². The van der Waals surface area contributed by atoms with Crippen molar-refractivity contribution in [1.29, 1.82) is 0 Å². The number of rotatable bonds is 8. The fourth-order valence-electron chi connectivity index (χ4n) is 9.75. The van der Waals surface area contributed by atoms with Crippen LogP contribution in [0.1, 0.15) is 0 Å². The van der Waals surface area contributed by atoms with Gasteiger partial charge in [0.05, 0.1) is 11.0 Å². The van der Waals surface area contributed by atoms with E-state index < -0.39 is 0 Å². The Balaban J connectivity index is 0.917. The average Bonchev–Trinajstić information content (AvgIpc) is 3.71. The van der Waals surface area contributed by atoms with E-state index in [1.807, 2.05) is 0 Å². The average molecular weight is 815 g/mol. The zero-order chi connectivity index (χ0) is 42.4. The van der Waals surface area contributed by atoms with E-state index in [0.29, 0.717) is 0 Å². The van der Waals surface area contributed by atoms with Gasteiger partial charge in [-0.05, 0) is 127 Å². The Morgan fingerprint density at radius 1 is 0.250 bits per heavy atom. The van der Waals surface area contributed by atoms with Crippen molar-refractivity contribution in [2.24, 2.45) is 0 Å². The van der Waals surface area contributed by atoms with E-state index in [1.165, 1.54) is 87.9 Å². The minimum atomic E-state index is 1.09. The lowest BCUT2D eigenvalue weighted by Crippen LogP contribution is -2.09. The van der Waals surface area contributed by atoms with Gasteiger partial charge in [0.1, 0.15) is 0 Å². The smallest absolute Gasteiger partial charge is 0.0541 e. The van der Waals surface area contributed by atoms with Crippen LogP contribution in [0.3, 0.4) is 0 Å². The van der Waals surface area contributed by atoms with Gasteiger partial charge in [-0.15, -0.1) is 0 Å². The number of para-hydroxylation sites is 2. The van der Waals surface area contributed by atoms with Crippen LogP contribution >= 0.6 is 0 Å². The molecule has 2 nitrogen and oxygen atoms in total. The second-order valence-electron chi connectivity index (χ2n) is 16.5. The predicted molar refractivity (Wildman–Crippen MR) is 272 cm³/mol. The van der Waals surface area contributed by atoms with Crippen molar-refractivity contribution in [3.05, 3.63) is 255 Å². The van der Waals surface area contributed by atoms with Gasteiger partial charge in [-0.2, -0.15) is 0 Å². The van der Waals surface area contributed by atoms with Gasteiger partial charge in [-0.3, -0.25) is 0 Å². The number of benzene rings is 11. The van der Waals surface area contributed by atoms with Crippen LogP contribution in [-0.4, -0.2) is 4.57 Å². The Morgan fingerprint density at radius 2 is 0.641 bits per heavy atom. The lowest BCUT2D eigenvalue weighted by atomic mass is 9.91. The van der Waals surface area contributed by atoms with Crippen molar-refractivity contribution in [2.75, 3.05) is 4.90 Å². The SMILES string of the molecule is c1ccc(-c2cccc3cccc(-c4ccc(N(c5ccc(-c6ccc(-n7c8ccccc8c8ccccc87)cc6)cc5)c5ccc(-c6cccc7ccccc67)cc5)cc4)c23)cc1. The van der Waals surface area contributed by atoms with Crippen molar-refractivity contribution in [3.63, 3.8) is 0 Å². The van der Waals surface area contributed by atoms with E-state index in [2.05, 4.69) is 264 Å². The maximum atomic E-state index is 2.37. The third-order valence-corrected chi connectivity index (χ3v) is 12.8. The first-order valence-electron chi connectivity index (χ1n) is 22.0. The summed E-state index contributed by atoms with van der Waals surface area (Å²) in [5.74, 6) is 0. The number of hydrogen-bond acceptors (Lipinski definition) is 1. The Morgan fingerprint density at radius 3 is 1.20 bits per heavy atom. The molecule has 64 heavy (non-hydrogen) atoms. The first-order chi connectivity index (χ1) is 31.7. The number of aromatic nitrogens is 1. The summed E-state index contributed by atoms with van der Waals surface area (Å²) in [6, 6.07) is 92.5. The number of anilines is 3. The van der Waals surface area contributed by atoms with E-state index in [1.54, 1.807) is 0 Å². The molecule has 0 aliphatic rings. The fourth-order valence-corrected chi connectivity index (χ4v) is 9.75. The van der Waals surface area contributed by atoms with Gasteiger partial charge in [-0.25, -0.2) is 0 Å². The molecule has 0 aliphatic heterocycles. The van der Waals surface area contributed by atoms with Gasteiger partial charge in [0.15, 0.2) is 0 Å². The van der Waals surface area contributed by atoms with Gasteiger partial charge < -0.3 is 9.47 Å². The monoisotopic (exact) mass is 814 g/mol. The van der Waals surface area contributed by atoms with Gasteiger partial charge in [0.2, 0.25) is 0 Å². The summed E-state index contributed by atoms with van der Waals surface area (Å²) in [5.41, 5.74) is 16.5. The molecule has 0 fully saturated rings. The van der Waals surface area contributed by atoms with Crippen molar-refractivity contribution in [1.82, 2.24) is 4.57 Å². The molecule has 1 heterocycles. The molecule has 0 bridgehead atoms. The highest BCUT2D eigenvalue weighted by atomic mass is 15.1. The summed E-state index contributed by atoms with van der Waals surface area (Å²) < 4.78 is 2.37. The quantitative estimate of drug-likeness (QED) is 0.148. The van der Waals surface area contributed by atoms with Gasteiger partial charge in [0.25, 0.3) is 0 Å². The Kier molecular flexibility index (Phi) is 9.20. The van der Waals surface area contributed by atoms with E-state index in [-0.39, 0.29) is 0 Å². The van der Waals surface area contributed by atoms with Crippen molar-refractivity contribution in [3.8, 4) is 50.2 Å². The zero-order valence-corrected chi connectivity index (χ0v) is 35.1. The molecule has 11 aromatic carbocycles. The first kappa shape index (κ1) is 37.3. The van der Waals surface area contributed by atoms with Gasteiger partial charge >= 0.3 is 0 Å². The van der Waals surface area contributed by atoms with Gasteiger partial charge in [-0.1, -0.05) is 194 Å². The Labute approximate surface area is 373 Å². The van der Waals surface area contributed by atoms with Crippen molar-refractivity contribution in [2.45, 2.75) is 0 Å². The highest BCUT2D eigenvalue weighted by molar-refractivity contribution is 6.09. The van der Waals surface area contributed by atoms with Crippen LogP contribution in [0.4, 0.5) is 17.1 Å². The van der Waals surface area contributed by atoms with Crippen LogP contribution in [0.2, 0.25) is 0 Å². The van der Waals surface area contributed by atoms with Crippen molar-refractivity contribution >= 4 is 60.4 Å². The molecule has 300 valence electrons. The van der Waals surface area contributed by atoms with Crippen LogP contribution in [0.15, 0.2) is 255 Å². The Bertz CT molecular complexity index is 3560. The highest BCUT2D eigenvalue weighted by Crippen LogP contribution is 2.41. The molecular formula is C62H42N2. The Hall–Kier alpha value is -8.46. The standard InChI is InChI=1S/C62H42N2/c1-2-13-46(14-3-1)56-23-11-17-49-18-12-24-57(62(49)56)48-33-41-52(42-34-48)63(51-39-31-47(32-40-51)55-22-10-16-45-15-4-5-19-54(45)55)50-35-27-43(28-36-50)44-29-37-53(38-30-44)64-60-25-8-6-20-58(60)59-21-7-9-26-61(59)64/h1-42H. The molecule has 0 saturated carbocycles. The zero-order valence-electron chi connectivity index (χ0n) is 35.1. The normalized spacial score (nSPS) is 11.4. The third-order valence-electron chi connectivity index (χ3n) is 12.8. The molecular weight excluding hydrogens is 773 g/mol. The summed E-state index contributed by atoms with van der Waals surface area (Å²) >= 11 is 0. The molecule has 0 saturated heterocycles. The van der Waals surface area contributed by atoms with Gasteiger partial charge in [0, 0.05) is 33.5 Å². The van der Waals surface area contributed by atoms with E-state index in [9.17, 15) is 0 Å². The molecule has 0 amide bonds. The van der Waals surface area contributed by atoms with Crippen LogP contribution in [0.25, 0.3) is 93.5 Å². The van der Waals surface area contributed by atoms with Crippen LogP contribution in [0, 0.1) is 0 Å². The van der Waals surface area contributed by atoms with E-state index in [4.69, 9.17) is 0 Å². The molecule has 12 rings (SSSR count). The first-order valence-corrected chi connectivity index (χ1v) is 22.0. The van der Waals surface area contributed by atoms with Crippen LogP contribution in [-0.2, 0) is 0 Å². The molecule has 0 aliphatic carbocycles. The lowest BCUT2D eigenvalue weighted by Gasteiger charge is -2.26. The maximum absolute atomic E-state index is 2.37. The van der Waals surface area contributed by atoms with Crippen LogP contribution < -0.4 is 4.90 Å². The predicted octanol–water partition coefficient (Wildman–Crippen LogP) is 17.2. The highest BCUT2D eigenvalue weighted by Gasteiger charge is 2.17. The second kappa shape index (κ2) is 15.8. The summed E-state index contributed by atoms with van der Waals surface area (Å²) in [4.78, 5) is 2.37. The molecule has 0 spiro atoms. The maximum Gasteiger partial charge on any atom is 0.0541 e. The molecule has 0 atom stereocenters. The molecule has 0 N–H and O–H groups in total. The minimum Gasteiger partial charge on any atom is -0.311 e. The summed E-state index contributed by atoms with van der Waals surface area (Å²) in [5, 5.41) is 7.54. The second-order valence-corrected chi connectivity index (χ2v) is 16.5. The topological polar surface area (TPSA) is 8.17 Å². The molecule has 2 heteroatoms. The molecule has 0 radical (unpaired) electrons. The minimum absolute atomic E-state index is 1.09. The van der Waals surface area contributed by atoms with E-state index >= 15 is 0 Å². The summed E-state index contributed by atoms with van der Waals surface area (Å²) in [7, 11) is 0. The van der Waals surface area contributed by atoms with E-state index in [0.717, 1.165) is 22.7 Å². The number of nitrogens with zero attached hydrogens (tertiary/aromatic N) is 2. The van der Waals surface area contributed by atoms with Crippen molar-refractivity contribution < 1.29 is 0 Å². The number of hydrogen-bond donors (Lipinski definition) is 0. The molecule has 12 aromatic rings. The lowest BCUT2D eigenvalue weighted by molar-refractivity contribution is 1.18. The summed E-state index contributed by atoms with van der Waals surface area (Å²) in [6.45, 7) is 0. The third kappa shape index (κ3) is 6.52. The number of fused-ring (bicyclic) bond motifs is 5. The summed E-state index contributed by atoms with van der Waals surface area (Å²) in [6.07, 6.45) is 0. The largest absolute Gasteiger partial charge is 0.311 e. The fraction of sp³-hybridized carbons (Fsp3) is 0. The molecule has 0 unspecified atom stereocenters.